The van der Waals surface area contributed by atoms with Gasteiger partial charge in [-0.1, -0.05) is 97.1 Å². The molecule has 0 radical (unpaired) electrons. The van der Waals surface area contributed by atoms with Crippen LogP contribution in [0.15, 0.2) is 146 Å². The monoisotopic (exact) mass is 520 g/mol. The minimum absolute atomic E-state index is 1.18. The maximum atomic E-state index is 4.24. The lowest BCUT2D eigenvalue weighted by Gasteiger charge is -2.16. The van der Waals surface area contributed by atoms with Crippen molar-refractivity contribution in [2.45, 2.75) is 0 Å². The number of benzene rings is 7. The van der Waals surface area contributed by atoms with Crippen molar-refractivity contribution in [3.8, 4) is 27.9 Å². The van der Waals surface area contributed by atoms with Crippen molar-refractivity contribution < 1.29 is 0 Å². The molecule has 7 aromatic carbocycles. The molecule has 2 nitrogen and oxygen atoms in total. The first kappa shape index (κ1) is 22.4. The summed E-state index contributed by atoms with van der Waals surface area (Å²) in [6, 6.07) is 48.8. The lowest BCUT2D eigenvalue weighted by atomic mass is 9.87. The van der Waals surface area contributed by atoms with Gasteiger partial charge in [0.05, 0.1) is 11.0 Å². The van der Waals surface area contributed by atoms with Crippen molar-refractivity contribution in [2.24, 2.45) is 0 Å². The van der Waals surface area contributed by atoms with Crippen LogP contribution in [-0.2, 0) is 0 Å². The zero-order valence-electron chi connectivity index (χ0n) is 22.3. The zero-order chi connectivity index (χ0) is 26.9. The van der Waals surface area contributed by atoms with Gasteiger partial charge in [-0.25, -0.2) is 0 Å². The van der Waals surface area contributed by atoms with Crippen LogP contribution in [0, 0.1) is 0 Å². The van der Waals surface area contributed by atoms with Gasteiger partial charge in [0, 0.05) is 28.9 Å². The third-order valence-electron chi connectivity index (χ3n) is 8.66. The van der Waals surface area contributed by atoms with Crippen molar-refractivity contribution >= 4 is 54.1 Å². The highest BCUT2D eigenvalue weighted by Crippen LogP contribution is 2.43. The number of hydrogen-bond donors (Lipinski definition) is 0. The lowest BCUT2D eigenvalue weighted by Crippen LogP contribution is -1.93. The molecule has 9 aromatic rings. The van der Waals surface area contributed by atoms with E-state index in [2.05, 4.69) is 143 Å². The fourth-order valence-electron chi connectivity index (χ4n) is 6.83. The molecule has 0 fully saturated rings. The predicted octanol–water partition coefficient (Wildman–Crippen LogP) is 10.4. The lowest BCUT2D eigenvalue weighted by molar-refractivity contribution is 1.18. The van der Waals surface area contributed by atoms with Gasteiger partial charge < -0.3 is 4.57 Å². The second-order valence-corrected chi connectivity index (χ2v) is 10.8. The first-order valence-electron chi connectivity index (χ1n) is 14.1. The van der Waals surface area contributed by atoms with Crippen LogP contribution in [0.3, 0.4) is 0 Å². The molecule has 0 bridgehead atoms. The van der Waals surface area contributed by atoms with E-state index >= 15 is 0 Å². The molecule has 0 atom stereocenters. The number of aromatic nitrogens is 2. The van der Waals surface area contributed by atoms with Gasteiger partial charge in [-0.05, 0) is 91.0 Å². The molecule has 41 heavy (non-hydrogen) atoms. The molecule has 0 N–H and O–H groups in total. The summed E-state index contributed by atoms with van der Waals surface area (Å²) in [5, 5.41) is 10.3. The number of rotatable bonds is 3. The van der Waals surface area contributed by atoms with E-state index in [0.29, 0.717) is 0 Å². The van der Waals surface area contributed by atoms with Gasteiger partial charge in [0.15, 0.2) is 0 Å². The number of nitrogens with zero attached hydrogens (tertiary/aromatic N) is 2. The van der Waals surface area contributed by atoms with Crippen molar-refractivity contribution in [3.05, 3.63) is 146 Å². The Labute approximate surface area is 237 Å². The van der Waals surface area contributed by atoms with Gasteiger partial charge in [0.1, 0.15) is 0 Å². The minimum Gasteiger partial charge on any atom is -0.309 e. The van der Waals surface area contributed by atoms with Crippen molar-refractivity contribution in [1.29, 1.82) is 0 Å². The van der Waals surface area contributed by atoms with E-state index in [1.165, 1.54) is 82.1 Å². The molecule has 0 aliphatic rings. The summed E-state index contributed by atoms with van der Waals surface area (Å²) in [6.45, 7) is 0. The van der Waals surface area contributed by atoms with Crippen LogP contribution >= 0.6 is 0 Å². The summed E-state index contributed by atoms with van der Waals surface area (Å²) in [5.74, 6) is 0. The van der Waals surface area contributed by atoms with Crippen LogP contribution in [0.5, 0.6) is 0 Å². The highest BCUT2D eigenvalue weighted by molar-refractivity contribution is 6.27. The molecule has 2 heteroatoms. The molecular weight excluding hydrogens is 496 g/mol. The third-order valence-corrected chi connectivity index (χ3v) is 8.66. The molecular formula is C39H24N2. The fourth-order valence-corrected chi connectivity index (χ4v) is 6.83. The van der Waals surface area contributed by atoms with E-state index in [9.17, 15) is 0 Å². The standard InChI is InChI=1S/C39H24N2/c1-2-6-29(7-3-1)41-36-9-5-4-8-32(36)33-17-14-28(24-37(33)41)31-16-11-27-12-18-34-30(25-20-22-40-23-21-25)15-10-26-13-19-35(31)39(27)38(26)34/h1-24H. The van der Waals surface area contributed by atoms with Gasteiger partial charge >= 0.3 is 0 Å². The van der Waals surface area contributed by atoms with Crippen LogP contribution in [0.2, 0.25) is 0 Å². The summed E-state index contributed by atoms with van der Waals surface area (Å²) in [6.07, 6.45) is 3.74. The number of pyridine rings is 1. The van der Waals surface area contributed by atoms with Crippen LogP contribution in [0.1, 0.15) is 0 Å². The Morgan fingerprint density at radius 1 is 0.415 bits per heavy atom. The summed E-state index contributed by atoms with van der Waals surface area (Å²) in [5.41, 5.74) is 8.55. The number of para-hydroxylation sites is 2. The van der Waals surface area contributed by atoms with Crippen molar-refractivity contribution in [3.63, 3.8) is 0 Å². The van der Waals surface area contributed by atoms with E-state index in [4.69, 9.17) is 0 Å². The van der Waals surface area contributed by atoms with Gasteiger partial charge in [-0.15, -0.1) is 0 Å². The Hall–Kier alpha value is -5.47. The van der Waals surface area contributed by atoms with E-state index in [1.807, 2.05) is 12.4 Å². The summed E-state index contributed by atoms with van der Waals surface area (Å²) in [7, 11) is 0. The normalized spacial score (nSPS) is 11.9. The SMILES string of the molecule is c1ccc(-n2c3ccccc3c3ccc(-c4ccc5ccc6c(-c7ccncc7)ccc7ccc4c5c76)cc32)cc1. The molecule has 0 unspecified atom stereocenters. The molecule has 0 spiro atoms. The molecule has 0 saturated carbocycles. The van der Waals surface area contributed by atoms with E-state index in [-0.39, 0.29) is 0 Å². The Kier molecular flexibility index (Phi) is 4.64. The second-order valence-electron chi connectivity index (χ2n) is 10.8. The maximum Gasteiger partial charge on any atom is 0.0547 e. The fraction of sp³-hybridized carbons (Fsp3) is 0. The van der Waals surface area contributed by atoms with Gasteiger partial charge in [0.2, 0.25) is 0 Å². The van der Waals surface area contributed by atoms with Crippen LogP contribution in [0.25, 0.3) is 82.1 Å². The topological polar surface area (TPSA) is 17.8 Å². The van der Waals surface area contributed by atoms with Crippen LogP contribution in [-0.4, -0.2) is 9.55 Å². The predicted molar refractivity (Wildman–Crippen MR) is 173 cm³/mol. The average Bonchev–Trinajstić information content (AvgIpc) is 3.38. The first-order valence-corrected chi connectivity index (χ1v) is 14.1. The van der Waals surface area contributed by atoms with E-state index in [0.717, 1.165) is 0 Å². The second kappa shape index (κ2) is 8.51. The Bertz CT molecular complexity index is 2400. The quantitative estimate of drug-likeness (QED) is 0.212. The summed E-state index contributed by atoms with van der Waals surface area (Å²) >= 11 is 0. The van der Waals surface area contributed by atoms with E-state index < -0.39 is 0 Å². The van der Waals surface area contributed by atoms with Gasteiger partial charge in [-0.2, -0.15) is 0 Å². The molecule has 9 rings (SSSR count). The summed E-state index contributed by atoms with van der Waals surface area (Å²) in [4.78, 5) is 4.24. The van der Waals surface area contributed by atoms with Gasteiger partial charge in [0.25, 0.3) is 0 Å². The van der Waals surface area contributed by atoms with E-state index in [1.54, 1.807) is 0 Å². The molecule has 2 aromatic heterocycles. The minimum atomic E-state index is 1.18. The van der Waals surface area contributed by atoms with Crippen molar-refractivity contribution in [1.82, 2.24) is 9.55 Å². The van der Waals surface area contributed by atoms with Crippen LogP contribution < -0.4 is 0 Å². The molecule has 0 saturated heterocycles. The zero-order valence-corrected chi connectivity index (χ0v) is 22.3. The van der Waals surface area contributed by atoms with Crippen molar-refractivity contribution in [2.75, 3.05) is 0 Å². The van der Waals surface area contributed by atoms with Crippen LogP contribution in [0.4, 0.5) is 0 Å². The maximum absolute atomic E-state index is 4.24. The Morgan fingerprint density at radius 2 is 1.00 bits per heavy atom. The molecule has 190 valence electrons. The largest absolute Gasteiger partial charge is 0.309 e. The highest BCUT2D eigenvalue weighted by Gasteiger charge is 2.17. The Morgan fingerprint density at radius 3 is 1.73 bits per heavy atom. The summed E-state index contributed by atoms with van der Waals surface area (Å²) < 4.78 is 2.39. The number of fused-ring (bicyclic) bond motifs is 3. The Balaban J connectivity index is 1.34. The smallest absolute Gasteiger partial charge is 0.0547 e. The molecule has 2 heterocycles. The molecule has 0 aliphatic carbocycles. The average molecular weight is 521 g/mol. The third kappa shape index (κ3) is 3.22. The molecule has 0 aliphatic heterocycles. The highest BCUT2D eigenvalue weighted by atomic mass is 15.0. The molecule has 0 amide bonds. The number of hydrogen-bond acceptors (Lipinski definition) is 1. The van der Waals surface area contributed by atoms with Gasteiger partial charge in [-0.3, -0.25) is 4.98 Å². The first-order chi connectivity index (χ1) is 20.3.